The third kappa shape index (κ3) is 6.05. The second kappa shape index (κ2) is 11.0. The highest BCUT2D eigenvalue weighted by Crippen LogP contribution is 2.29. The van der Waals surface area contributed by atoms with E-state index in [1.165, 1.54) is 25.7 Å². The molecule has 1 aromatic heterocycles. The van der Waals surface area contributed by atoms with Crippen LogP contribution in [-0.4, -0.2) is 35.9 Å². The normalized spacial score (nSPS) is 25.9. The third-order valence-corrected chi connectivity index (χ3v) is 6.05. The summed E-state index contributed by atoms with van der Waals surface area (Å²) in [7, 11) is 0. The smallest absolute Gasteiger partial charge is 0.223 e. The molecule has 0 saturated heterocycles. The van der Waals surface area contributed by atoms with Gasteiger partial charge in [0.15, 0.2) is 5.76 Å². The van der Waals surface area contributed by atoms with E-state index in [2.05, 4.69) is 29.6 Å². The van der Waals surface area contributed by atoms with E-state index in [-0.39, 0.29) is 24.0 Å². The number of ether oxygens (including phenoxy) is 1. The van der Waals surface area contributed by atoms with Crippen molar-refractivity contribution in [1.29, 1.82) is 0 Å². The summed E-state index contributed by atoms with van der Waals surface area (Å²) in [4.78, 5) is 12.8. The number of carbonyl (C=O) groups is 1. The van der Waals surface area contributed by atoms with Crippen molar-refractivity contribution in [1.82, 2.24) is 15.8 Å². The van der Waals surface area contributed by atoms with E-state index < -0.39 is 0 Å². The lowest BCUT2D eigenvalue weighted by atomic mass is 9.82. The summed E-state index contributed by atoms with van der Waals surface area (Å²) in [5.41, 5.74) is 0.959. The van der Waals surface area contributed by atoms with Gasteiger partial charge in [0.1, 0.15) is 0 Å². The van der Waals surface area contributed by atoms with E-state index in [1.54, 1.807) is 0 Å². The predicted octanol–water partition coefficient (Wildman–Crippen LogP) is 3.74. The van der Waals surface area contributed by atoms with Crippen molar-refractivity contribution in [3.63, 3.8) is 0 Å². The lowest BCUT2D eigenvalue weighted by Gasteiger charge is -2.37. The maximum Gasteiger partial charge on any atom is 0.223 e. The van der Waals surface area contributed by atoms with Gasteiger partial charge in [-0.05, 0) is 44.9 Å². The fourth-order valence-electron chi connectivity index (χ4n) is 4.55. The molecule has 0 aliphatic heterocycles. The van der Waals surface area contributed by atoms with E-state index in [1.807, 2.05) is 6.07 Å². The Bertz CT molecular complexity index is 598. The van der Waals surface area contributed by atoms with Gasteiger partial charge in [-0.1, -0.05) is 38.3 Å². The van der Waals surface area contributed by atoms with E-state index in [0.717, 1.165) is 56.6 Å². The Labute approximate surface area is 169 Å². The van der Waals surface area contributed by atoms with E-state index in [0.29, 0.717) is 12.6 Å². The lowest BCUT2D eigenvalue weighted by molar-refractivity contribution is -0.128. The Morgan fingerprint density at radius 3 is 2.79 bits per heavy atom. The molecule has 3 atom stereocenters. The molecule has 1 amide bonds. The predicted molar refractivity (Wildman–Crippen MR) is 109 cm³/mol. The van der Waals surface area contributed by atoms with Crippen LogP contribution in [0.25, 0.3) is 0 Å². The van der Waals surface area contributed by atoms with Crippen LogP contribution in [0.2, 0.25) is 0 Å². The SMILES string of the molecule is CCCO[C@@H]1CC[C@H](C(=O)NCc2cc(CCC)no2)C[C@H]1NC1CCCC1. The first-order valence-electron chi connectivity index (χ1n) is 11.3. The van der Waals surface area contributed by atoms with Crippen molar-refractivity contribution in [3.8, 4) is 0 Å². The van der Waals surface area contributed by atoms with Gasteiger partial charge in [-0.3, -0.25) is 4.79 Å². The zero-order valence-electron chi connectivity index (χ0n) is 17.5. The first-order valence-corrected chi connectivity index (χ1v) is 11.3. The molecule has 28 heavy (non-hydrogen) atoms. The largest absolute Gasteiger partial charge is 0.377 e. The number of nitrogens with one attached hydrogen (secondary N) is 2. The summed E-state index contributed by atoms with van der Waals surface area (Å²) in [6, 6.07) is 2.82. The van der Waals surface area contributed by atoms with Crippen LogP contribution in [-0.2, 0) is 22.5 Å². The maximum absolute atomic E-state index is 12.8. The molecule has 2 aliphatic carbocycles. The molecule has 3 rings (SSSR count). The number of aryl methyl sites for hydroxylation is 1. The van der Waals surface area contributed by atoms with Crippen LogP contribution in [0, 0.1) is 5.92 Å². The van der Waals surface area contributed by atoms with Crippen molar-refractivity contribution in [3.05, 3.63) is 17.5 Å². The van der Waals surface area contributed by atoms with Crippen molar-refractivity contribution in [2.45, 2.75) is 103 Å². The molecule has 0 aromatic carbocycles. The maximum atomic E-state index is 12.8. The summed E-state index contributed by atoms with van der Waals surface area (Å²) in [5.74, 6) is 0.899. The number of carbonyl (C=O) groups excluding carboxylic acids is 1. The molecule has 1 heterocycles. The molecular formula is C22H37N3O3. The van der Waals surface area contributed by atoms with Gasteiger partial charge in [-0.2, -0.15) is 0 Å². The average molecular weight is 392 g/mol. The minimum Gasteiger partial charge on any atom is -0.377 e. The Morgan fingerprint density at radius 2 is 2.04 bits per heavy atom. The Kier molecular flexibility index (Phi) is 8.34. The minimum absolute atomic E-state index is 0.0402. The highest BCUT2D eigenvalue weighted by molar-refractivity contribution is 5.78. The molecule has 0 spiro atoms. The molecule has 6 nitrogen and oxygen atoms in total. The van der Waals surface area contributed by atoms with E-state index in [4.69, 9.17) is 9.26 Å². The first kappa shape index (κ1) is 21.3. The van der Waals surface area contributed by atoms with Crippen molar-refractivity contribution < 1.29 is 14.1 Å². The topological polar surface area (TPSA) is 76.4 Å². The Hall–Kier alpha value is -1.40. The molecule has 158 valence electrons. The van der Waals surface area contributed by atoms with Crippen LogP contribution in [0.4, 0.5) is 0 Å². The summed E-state index contributed by atoms with van der Waals surface area (Å²) >= 11 is 0. The molecule has 6 heteroatoms. The molecule has 0 radical (unpaired) electrons. The van der Waals surface area contributed by atoms with Crippen molar-refractivity contribution in [2.75, 3.05) is 6.61 Å². The van der Waals surface area contributed by atoms with Crippen LogP contribution in [0.1, 0.15) is 83.1 Å². The quantitative estimate of drug-likeness (QED) is 0.635. The Balaban J connectivity index is 1.51. The number of hydrogen-bond acceptors (Lipinski definition) is 5. The van der Waals surface area contributed by atoms with Gasteiger partial charge in [0.25, 0.3) is 0 Å². The first-order chi connectivity index (χ1) is 13.7. The molecular weight excluding hydrogens is 354 g/mol. The zero-order valence-corrected chi connectivity index (χ0v) is 17.5. The third-order valence-electron chi connectivity index (χ3n) is 6.05. The molecule has 0 unspecified atom stereocenters. The number of aromatic nitrogens is 1. The van der Waals surface area contributed by atoms with Gasteiger partial charge in [0.2, 0.25) is 5.91 Å². The summed E-state index contributed by atoms with van der Waals surface area (Å²) in [6.45, 7) is 5.49. The molecule has 1 aromatic rings. The lowest BCUT2D eigenvalue weighted by Crippen LogP contribution is -2.51. The molecule has 2 N–H and O–H groups in total. The number of nitrogens with zero attached hydrogens (tertiary/aromatic N) is 1. The second-order valence-electron chi connectivity index (χ2n) is 8.43. The van der Waals surface area contributed by atoms with Crippen LogP contribution in [0.15, 0.2) is 10.6 Å². The van der Waals surface area contributed by atoms with Crippen molar-refractivity contribution >= 4 is 5.91 Å². The fraction of sp³-hybridized carbons (Fsp3) is 0.818. The van der Waals surface area contributed by atoms with Crippen molar-refractivity contribution in [2.24, 2.45) is 5.92 Å². The van der Waals surface area contributed by atoms with Gasteiger partial charge in [-0.25, -0.2) is 0 Å². The standard InChI is InChI=1S/C22H37N3O3/c1-3-7-18-14-19(28-25-18)15-23-22(26)16-10-11-21(27-12-4-2)20(13-16)24-17-8-5-6-9-17/h14,16-17,20-21,24H,3-13,15H2,1-2H3,(H,23,26)/t16-,20+,21+/m0/s1. The molecule has 2 fully saturated rings. The average Bonchev–Trinajstić information content (AvgIpc) is 3.37. The summed E-state index contributed by atoms with van der Waals surface area (Å²) in [6.07, 6.45) is 11.0. The molecule has 2 saturated carbocycles. The van der Waals surface area contributed by atoms with Crippen LogP contribution >= 0.6 is 0 Å². The van der Waals surface area contributed by atoms with Gasteiger partial charge in [0, 0.05) is 30.7 Å². The number of rotatable bonds is 10. The van der Waals surface area contributed by atoms with Gasteiger partial charge in [-0.15, -0.1) is 0 Å². The van der Waals surface area contributed by atoms with Crippen LogP contribution in [0.5, 0.6) is 0 Å². The zero-order chi connectivity index (χ0) is 19.8. The number of amides is 1. The second-order valence-corrected chi connectivity index (χ2v) is 8.43. The fourth-order valence-corrected chi connectivity index (χ4v) is 4.55. The van der Waals surface area contributed by atoms with Crippen LogP contribution < -0.4 is 10.6 Å². The number of hydrogen-bond donors (Lipinski definition) is 2. The molecule has 2 aliphatic rings. The molecule has 0 bridgehead atoms. The highest BCUT2D eigenvalue weighted by Gasteiger charge is 2.35. The van der Waals surface area contributed by atoms with E-state index >= 15 is 0 Å². The van der Waals surface area contributed by atoms with E-state index in [9.17, 15) is 4.79 Å². The minimum atomic E-state index is 0.0402. The van der Waals surface area contributed by atoms with Crippen LogP contribution in [0.3, 0.4) is 0 Å². The van der Waals surface area contributed by atoms with Gasteiger partial charge >= 0.3 is 0 Å². The summed E-state index contributed by atoms with van der Waals surface area (Å²) in [5, 5.41) is 10.9. The summed E-state index contributed by atoms with van der Waals surface area (Å²) < 4.78 is 11.4. The van der Waals surface area contributed by atoms with Gasteiger partial charge < -0.3 is 19.9 Å². The monoisotopic (exact) mass is 391 g/mol. The Morgan fingerprint density at radius 1 is 1.21 bits per heavy atom. The van der Waals surface area contributed by atoms with Gasteiger partial charge in [0.05, 0.1) is 18.3 Å². The highest BCUT2D eigenvalue weighted by atomic mass is 16.5.